The van der Waals surface area contributed by atoms with Crippen LogP contribution in [0.4, 0.5) is 5.69 Å². The van der Waals surface area contributed by atoms with Crippen LogP contribution in [-0.4, -0.2) is 61.1 Å². The number of amides is 1. The highest BCUT2D eigenvalue weighted by Gasteiger charge is 2.30. The predicted molar refractivity (Wildman–Crippen MR) is 105 cm³/mol. The Labute approximate surface area is 157 Å². The van der Waals surface area contributed by atoms with E-state index in [1.807, 2.05) is 12.1 Å². The first kappa shape index (κ1) is 19.3. The third-order valence-corrected chi connectivity index (χ3v) is 5.15. The Balaban J connectivity index is 1.45. The van der Waals surface area contributed by atoms with E-state index in [0.717, 1.165) is 51.5 Å². The number of ether oxygens (including phenoxy) is 1. The average Bonchev–Trinajstić information content (AvgIpc) is 3.46. The predicted octanol–water partition coefficient (Wildman–Crippen LogP) is 2.97. The van der Waals surface area contributed by atoms with Crippen molar-refractivity contribution in [2.24, 2.45) is 5.92 Å². The lowest BCUT2D eigenvalue weighted by molar-refractivity contribution is -0.117. The summed E-state index contributed by atoms with van der Waals surface area (Å²) in [5.74, 6) is 0.778. The SMILES string of the molecule is CC(C)CCN(CC(=O)Nc1ccc(CN2CCOCC2)cc1)C1CC1. The number of nitrogens with zero attached hydrogens (tertiary/aromatic N) is 2. The quantitative estimate of drug-likeness (QED) is 0.736. The fraction of sp³-hybridized carbons (Fsp3) is 0.667. The number of carbonyl (C=O) groups is 1. The van der Waals surface area contributed by atoms with Crippen LogP contribution in [0.5, 0.6) is 0 Å². The molecular weight excluding hydrogens is 326 g/mol. The number of hydrogen-bond acceptors (Lipinski definition) is 4. The summed E-state index contributed by atoms with van der Waals surface area (Å²) in [7, 11) is 0. The first-order valence-corrected chi connectivity index (χ1v) is 10.0. The minimum Gasteiger partial charge on any atom is -0.379 e. The highest BCUT2D eigenvalue weighted by atomic mass is 16.5. The van der Waals surface area contributed by atoms with Gasteiger partial charge in [0.05, 0.1) is 19.8 Å². The van der Waals surface area contributed by atoms with Gasteiger partial charge >= 0.3 is 0 Å². The summed E-state index contributed by atoms with van der Waals surface area (Å²) < 4.78 is 5.39. The number of anilines is 1. The number of benzene rings is 1. The molecule has 5 heteroatoms. The van der Waals surface area contributed by atoms with Crippen molar-refractivity contribution in [2.75, 3.05) is 44.7 Å². The molecule has 0 bridgehead atoms. The molecule has 3 rings (SSSR count). The summed E-state index contributed by atoms with van der Waals surface area (Å²) in [4.78, 5) is 17.2. The molecule has 1 aromatic rings. The molecule has 1 saturated heterocycles. The van der Waals surface area contributed by atoms with Crippen LogP contribution in [0, 0.1) is 5.92 Å². The Morgan fingerprint density at radius 1 is 1.23 bits per heavy atom. The highest BCUT2D eigenvalue weighted by Crippen LogP contribution is 2.27. The van der Waals surface area contributed by atoms with Crippen LogP contribution in [0.2, 0.25) is 0 Å². The molecule has 1 saturated carbocycles. The van der Waals surface area contributed by atoms with E-state index in [9.17, 15) is 4.79 Å². The van der Waals surface area contributed by atoms with Gasteiger partial charge in [0.25, 0.3) is 0 Å². The van der Waals surface area contributed by atoms with Gasteiger partial charge in [-0.1, -0.05) is 26.0 Å². The van der Waals surface area contributed by atoms with Gasteiger partial charge in [0, 0.05) is 31.4 Å². The van der Waals surface area contributed by atoms with Crippen LogP contribution in [0.3, 0.4) is 0 Å². The molecular formula is C21H33N3O2. The van der Waals surface area contributed by atoms with Crippen LogP contribution in [0.15, 0.2) is 24.3 Å². The average molecular weight is 360 g/mol. The van der Waals surface area contributed by atoms with Crippen LogP contribution in [0.25, 0.3) is 0 Å². The van der Waals surface area contributed by atoms with Crippen molar-refractivity contribution in [3.05, 3.63) is 29.8 Å². The summed E-state index contributed by atoms with van der Waals surface area (Å²) >= 11 is 0. The van der Waals surface area contributed by atoms with Crippen molar-refractivity contribution in [1.82, 2.24) is 9.80 Å². The molecule has 1 N–H and O–H groups in total. The number of rotatable bonds is 9. The molecule has 1 amide bonds. The molecule has 1 aromatic carbocycles. The van der Waals surface area contributed by atoms with Crippen molar-refractivity contribution >= 4 is 11.6 Å². The van der Waals surface area contributed by atoms with Gasteiger partial charge in [0.15, 0.2) is 0 Å². The molecule has 0 radical (unpaired) electrons. The molecule has 1 aliphatic carbocycles. The second-order valence-corrected chi connectivity index (χ2v) is 8.02. The largest absolute Gasteiger partial charge is 0.379 e. The van der Waals surface area contributed by atoms with E-state index in [4.69, 9.17) is 4.74 Å². The molecule has 1 heterocycles. The molecule has 2 aliphatic rings. The third-order valence-electron chi connectivity index (χ3n) is 5.15. The lowest BCUT2D eigenvalue weighted by atomic mass is 10.1. The maximum absolute atomic E-state index is 12.4. The Bertz CT molecular complexity index is 563. The second kappa shape index (κ2) is 9.49. The molecule has 5 nitrogen and oxygen atoms in total. The van der Waals surface area contributed by atoms with Crippen LogP contribution in [-0.2, 0) is 16.1 Å². The third kappa shape index (κ3) is 6.38. The van der Waals surface area contributed by atoms with Crippen LogP contribution < -0.4 is 5.32 Å². The highest BCUT2D eigenvalue weighted by molar-refractivity contribution is 5.92. The van der Waals surface area contributed by atoms with Crippen molar-refractivity contribution in [3.63, 3.8) is 0 Å². The molecule has 2 fully saturated rings. The minimum absolute atomic E-state index is 0.0987. The Morgan fingerprint density at radius 2 is 1.92 bits per heavy atom. The van der Waals surface area contributed by atoms with E-state index in [1.54, 1.807) is 0 Å². The van der Waals surface area contributed by atoms with Gasteiger partial charge in [-0.2, -0.15) is 0 Å². The Morgan fingerprint density at radius 3 is 2.54 bits per heavy atom. The Hall–Kier alpha value is -1.43. The zero-order valence-electron chi connectivity index (χ0n) is 16.2. The number of nitrogens with one attached hydrogen (secondary N) is 1. The van der Waals surface area contributed by atoms with Gasteiger partial charge in [-0.25, -0.2) is 0 Å². The number of morpholine rings is 1. The lowest BCUT2D eigenvalue weighted by Gasteiger charge is -2.26. The zero-order chi connectivity index (χ0) is 18.4. The normalized spacial score (nSPS) is 18.5. The zero-order valence-corrected chi connectivity index (χ0v) is 16.2. The van der Waals surface area contributed by atoms with Gasteiger partial charge in [0.1, 0.15) is 0 Å². The maximum Gasteiger partial charge on any atom is 0.238 e. The molecule has 0 spiro atoms. The van der Waals surface area contributed by atoms with Crippen LogP contribution >= 0.6 is 0 Å². The fourth-order valence-electron chi connectivity index (χ4n) is 3.35. The minimum atomic E-state index is 0.0987. The standard InChI is InChI=1S/C21H33N3O2/c1-17(2)9-10-24(20-7-8-20)16-21(25)22-19-5-3-18(4-6-19)15-23-11-13-26-14-12-23/h3-6,17,20H,7-16H2,1-2H3,(H,22,25). The van der Waals surface area contributed by atoms with E-state index in [1.165, 1.54) is 18.4 Å². The van der Waals surface area contributed by atoms with Crippen molar-refractivity contribution in [3.8, 4) is 0 Å². The monoisotopic (exact) mass is 359 g/mol. The summed E-state index contributed by atoms with van der Waals surface area (Å²) in [6.45, 7) is 10.6. The van der Waals surface area contributed by atoms with Crippen LogP contribution in [0.1, 0.15) is 38.7 Å². The topological polar surface area (TPSA) is 44.8 Å². The molecule has 0 unspecified atom stereocenters. The summed E-state index contributed by atoms with van der Waals surface area (Å²) in [5.41, 5.74) is 2.17. The fourth-order valence-corrected chi connectivity index (χ4v) is 3.35. The van der Waals surface area contributed by atoms with Gasteiger partial charge in [-0.15, -0.1) is 0 Å². The van der Waals surface area contributed by atoms with E-state index in [-0.39, 0.29) is 5.91 Å². The van der Waals surface area contributed by atoms with Crippen molar-refractivity contribution in [1.29, 1.82) is 0 Å². The van der Waals surface area contributed by atoms with E-state index < -0.39 is 0 Å². The molecule has 26 heavy (non-hydrogen) atoms. The number of hydrogen-bond donors (Lipinski definition) is 1. The first-order chi connectivity index (χ1) is 12.6. The second-order valence-electron chi connectivity index (χ2n) is 8.02. The summed E-state index contributed by atoms with van der Waals surface area (Å²) in [6, 6.07) is 8.88. The van der Waals surface area contributed by atoms with E-state index in [0.29, 0.717) is 18.5 Å². The summed E-state index contributed by atoms with van der Waals surface area (Å²) in [6.07, 6.45) is 3.63. The van der Waals surface area contributed by atoms with Gasteiger partial charge in [0.2, 0.25) is 5.91 Å². The smallest absolute Gasteiger partial charge is 0.238 e. The molecule has 144 valence electrons. The van der Waals surface area contributed by atoms with Crippen molar-refractivity contribution < 1.29 is 9.53 Å². The maximum atomic E-state index is 12.4. The lowest BCUT2D eigenvalue weighted by Crippen LogP contribution is -2.36. The molecule has 1 aliphatic heterocycles. The molecule has 0 aromatic heterocycles. The Kier molecular flexibility index (Phi) is 7.06. The summed E-state index contributed by atoms with van der Waals surface area (Å²) in [5, 5.41) is 3.06. The van der Waals surface area contributed by atoms with Crippen molar-refractivity contribution in [2.45, 2.75) is 45.7 Å². The molecule has 0 atom stereocenters. The first-order valence-electron chi connectivity index (χ1n) is 10.0. The van der Waals surface area contributed by atoms with Gasteiger partial charge in [-0.3, -0.25) is 14.6 Å². The van der Waals surface area contributed by atoms with Gasteiger partial charge in [-0.05, 0) is 49.4 Å². The van der Waals surface area contributed by atoms with E-state index >= 15 is 0 Å². The number of carbonyl (C=O) groups excluding carboxylic acids is 1. The van der Waals surface area contributed by atoms with E-state index in [2.05, 4.69) is 41.1 Å². The van der Waals surface area contributed by atoms with Gasteiger partial charge < -0.3 is 10.1 Å².